The molecule has 2 aromatic rings. The molecule has 1 saturated heterocycles. The van der Waals surface area contributed by atoms with Crippen LogP contribution < -0.4 is 5.32 Å². The van der Waals surface area contributed by atoms with E-state index in [1.165, 1.54) is 0 Å². The van der Waals surface area contributed by atoms with Crippen LogP contribution >= 0.6 is 0 Å². The molecule has 154 valence electrons. The summed E-state index contributed by atoms with van der Waals surface area (Å²) < 4.78 is 11.1. The third-order valence-electron chi connectivity index (χ3n) is 4.70. The number of carbonyl (C=O) groups excluding carboxylic acids is 1. The first-order valence-electron chi connectivity index (χ1n) is 9.83. The lowest BCUT2D eigenvalue weighted by atomic mass is 10.0. The molecule has 0 radical (unpaired) electrons. The van der Waals surface area contributed by atoms with Gasteiger partial charge in [-0.15, -0.1) is 0 Å². The lowest BCUT2D eigenvalue weighted by Crippen LogP contribution is -2.29. The number of nitrogens with zero attached hydrogens (tertiary/aromatic N) is 2. The number of ether oxygens (including phenoxy) is 2. The number of carbonyl (C=O) groups is 1. The van der Waals surface area contributed by atoms with Gasteiger partial charge in [0.1, 0.15) is 0 Å². The first-order valence-corrected chi connectivity index (χ1v) is 9.83. The van der Waals surface area contributed by atoms with Crippen LogP contribution in [-0.2, 0) is 9.47 Å². The van der Waals surface area contributed by atoms with Gasteiger partial charge in [0.05, 0.1) is 24.0 Å². The van der Waals surface area contributed by atoms with Gasteiger partial charge in [-0.2, -0.15) is 5.10 Å². The van der Waals surface area contributed by atoms with Crippen molar-refractivity contribution in [3.8, 4) is 0 Å². The molecule has 2 N–H and O–H groups in total. The molecule has 1 aliphatic rings. The van der Waals surface area contributed by atoms with Gasteiger partial charge < -0.3 is 14.8 Å². The second kappa shape index (κ2) is 9.52. The van der Waals surface area contributed by atoms with E-state index in [1.54, 1.807) is 6.20 Å². The summed E-state index contributed by atoms with van der Waals surface area (Å²) in [5.74, 6) is 0.948. The zero-order chi connectivity index (χ0) is 20.8. The van der Waals surface area contributed by atoms with Crippen molar-refractivity contribution in [3.05, 3.63) is 47.5 Å². The Bertz CT molecular complexity index is 937. The Labute approximate surface area is 170 Å². The molecule has 0 aliphatic carbocycles. The first kappa shape index (κ1) is 20.8. The number of allylic oxidation sites excluding steroid dienone is 3. The lowest BCUT2D eigenvalue weighted by Gasteiger charge is -2.11. The molecule has 29 heavy (non-hydrogen) atoms. The van der Waals surface area contributed by atoms with Crippen LogP contribution in [0.4, 0.5) is 0 Å². The molecule has 0 saturated carbocycles. The summed E-state index contributed by atoms with van der Waals surface area (Å²) in [6.45, 7) is 11.5. The average molecular weight is 396 g/mol. The Morgan fingerprint density at radius 1 is 1.52 bits per heavy atom. The summed E-state index contributed by atoms with van der Waals surface area (Å²) in [7, 11) is 0. The van der Waals surface area contributed by atoms with Crippen molar-refractivity contribution in [3.63, 3.8) is 0 Å². The van der Waals surface area contributed by atoms with E-state index in [0.29, 0.717) is 24.8 Å². The molecule has 1 aliphatic heterocycles. The Balaban J connectivity index is 1.85. The molecule has 1 unspecified atom stereocenters. The van der Waals surface area contributed by atoms with Gasteiger partial charge in [-0.05, 0) is 57.7 Å². The third kappa shape index (κ3) is 5.32. The number of aromatic nitrogens is 2. The van der Waals surface area contributed by atoms with E-state index in [0.717, 1.165) is 40.8 Å². The summed E-state index contributed by atoms with van der Waals surface area (Å²) in [6.07, 6.45) is 4.64. The van der Waals surface area contributed by atoms with Gasteiger partial charge in [-0.25, -0.2) is 0 Å². The van der Waals surface area contributed by atoms with Crippen LogP contribution in [0.25, 0.3) is 16.5 Å². The predicted octanol–water partition coefficient (Wildman–Crippen LogP) is 3.70. The standard InChI is InChI=1S/C22H28N4O3/c1-14(2)29-15(3)9-18(12-23-4)17-5-6-20-19(10-17)21(26-25-20)22(27)24-11-16-7-8-28-13-16/h5-6,9-10,12,14,16H,4,7-8,11,13H2,1-3H3,(H,24,27)(H,25,26)/b15-9+,18-12+. The summed E-state index contributed by atoms with van der Waals surface area (Å²) in [5, 5.41) is 10.9. The van der Waals surface area contributed by atoms with Crippen molar-refractivity contribution in [2.45, 2.75) is 33.3 Å². The number of benzene rings is 1. The quantitative estimate of drug-likeness (QED) is 0.405. The molecule has 1 fully saturated rings. The molecule has 1 aromatic carbocycles. The fraction of sp³-hybridized carbons (Fsp3) is 0.409. The Kier molecular flexibility index (Phi) is 6.82. The highest BCUT2D eigenvalue weighted by Crippen LogP contribution is 2.25. The van der Waals surface area contributed by atoms with Crippen molar-refractivity contribution in [1.29, 1.82) is 0 Å². The van der Waals surface area contributed by atoms with Gasteiger partial charge in [0.15, 0.2) is 5.69 Å². The number of H-pyrrole nitrogens is 1. The van der Waals surface area contributed by atoms with E-state index in [1.807, 2.05) is 45.0 Å². The fourth-order valence-electron chi connectivity index (χ4n) is 3.35. The van der Waals surface area contributed by atoms with Crippen molar-refractivity contribution in [2.24, 2.45) is 10.9 Å². The van der Waals surface area contributed by atoms with Crippen LogP contribution in [0.5, 0.6) is 0 Å². The molecule has 7 nitrogen and oxygen atoms in total. The minimum absolute atomic E-state index is 0.0844. The molecule has 3 rings (SSSR count). The van der Waals surface area contributed by atoms with E-state index in [2.05, 4.69) is 27.2 Å². The molecular formula is C22H28N4O3. The van der Waals surface area contributed by atoms with E-state index in [9.17, 15) is 4.79 Å². The first-order chi connectivity index (χ1) is 14.0. The van der Waals surface area contributed by atoms with Crippen LogP contribution in [0.3, 0.4) is 0 Å². The molecule has 1 amide bonds. The molecule has 2 heterocycles. The Morgan fingerprint density at radius 3 is 3.03 bits per heavy atom. The number of hydrogen-bond acceptors (Lipinski definition) is 5. The number of amides is 1. The number of fused-ring (bicyclic) bond motifs is 1. The normalized spacial score (nSPS) is 17.7. The second-order valence-electron chi connectivity index (χ2n) is 7.46. The van der Waals surface area contributed by atoms with Gasteiger partial charge in [0.2, 0.25) is 0 Å². The fourth-order valence-corrected chi connectivity index (χ4v) is 3.35. The molecule has 0 spiro atoms. The number of nitrogens with one attached hydrogen (secondary N) is 2. The van der Waals surface area contributed by atoms with Gasteiger partial charge in [0, 0.05) is 36.2 Å². The van der Waals surface area contributed by atoms with Gasteiger partial charge in [-0.1, -0.05) is 6.07 Å². The Hall–Kier alpha value is -2.93. The maximum absolute atomic E-state index is 12.7. The predicted molar refractivity (Wildman–Crippen MR) is 115 cm³/mol. The van der Waals surface area contributed by atoms with Crippen LogP contribution in [0.2, 0.25) is 0 Å². The van der Waals surface area contributed by atoms with Crippen molar-refractivity contribution < 1.29 is 14.3 Å². The van der Waals surface area contributed by atoms with Crippen LogP contribution in [-0.4, -0.2) is 48.7 Å². The van der Waals surface area contributed by atoms with Crippen molar-refractivity contribution in [1.82, 2.24) is 15.5 Å². The highest BCUT2D eigenvalue weighted by molar-refractivity contribution is 6.05. The number of aliphatic imine (C=N–C) groups is 1. The summed E-state index contributed by atoms with van der Waals surface area (Å²) in [6, 6.07) is 5.79. The van der Waals surface area contributed by atoms with Crippen molar-refractivity contribution >= 4 is 29.1 Å². The number of rotatable bonds is 8. The summed E-state index contributed by atoms with van der Waals surface area (Å²) in [5.41, 5.74) is 2.92. The molecule has 7 heteroatoms. The molecule has 1 aromatic heterocycles. The van der Waals surface area contributed by atoms with E-state index >= 15 is 0 Å². The maximum atomic E-state index is 12.7. The monoisotopic (exact) mass is 396 g/mol. The smallest absolute Gasteiger partial charge is 0.272 e. The number of aromatic amines is 1. The van der Waals surface area contributed by atoms with E-state index in [-0.39, 0.29) is 12.0 Å². The topological polar surface area (TPSA) is 88.6 Å². The zero-order valence-electron chi connectivity index (χ0n) is 17.2. The molecule has 0 bridgehead atoms. The summed E-state index contributed by atoms with van der Waals surface area (Å²) >= 11 is 0. The maximum Gasteiger partial charge on any atom is 0.272 e. The van der Waals surface area contributed by atoms with Gasteiger partial charge >= 0.3 is 0 Å². The highest BCUT2D eigenvalue weighted by Gasteiger charge is 2.19. The average Bonchev–Trinajstić information content (AvgIpc) is 3.34. The van der Waals surface area contributed by atoms with E-state index in [4.69, 9.17) is 9.47 Å². The lowest BCUT2D eigenvalue weighted by molar-refractivity contribution is 0.0941. The third-order valence-corrected chi connectivity index (χ3v) is 4.70. The minimum atomic E-state index is -0.192. The van der Waals surface area contributed by atoms with Crippen LogP contribution in [0.15, 0.2) is 41.2 Å². The SMILES string of the molecule is C=N/C=C(\C=C(/C)OC(C)C)c1ccc2[nH]nc(C(=O)NCC3CCOC3)c2c1. The van der Waals surface area contributed by atoms with Crippen LogP contribution in [0.1, 0.15) is 43.2 Å². The molecular weight excluding hydrogens is 368 g/mol. The van der Waals surface area contributed by atoms with Gasteiger partial charge in [0.25, 0.3) is 5.91 Å². The highest BCUT2D eigenvalue weighted by atomic mass is 16.5. The van der Waals surface area contributed by atoms with E-state index < -0.39 is 0 Å². The van der Waals surface area contributed by atoms with Gasteiger partial charge in [-0.3, -0.25) is 14.9 Å². The number of hydrogen-bond donors (Lipinski definition) is 2. The second-order valence-corrected chi connectivity index (χ2v) is 7.46. The van der Waals surface area contributed by atoms with Crippen LogP contribution in [0, 0.1) is 5.92 Å². The molecule has 1 atom stereocenters. The minimum Gasteiger partial charge on any atom is -0.496 e. The largest absolute Gasteiger partial charge is 0.496 e. The Morgan fingerprint density at radius 2 is 2.34 bits per heavy atom. The summed E-state index contributed by atoms with van der Waals surface area (Å²) in [4.78, 5) is 16.6. The van der Waals surface area contributed by atoms with Crippen molar-refractivity contribution in [2.75, 3.05) is 19.8 Å². The zero-order valence-corrected chi connectivity index (χ0v) is 17.2.